The van der Waals surface area contributed by atoms with E-state index >= 15 is 0 Å². The Balaban J connectivity index is 4.71. The molecule has 0 heterocycles. The highest BCUT2D eigenvalue weighted by Gasteiger charge is 2.25. The summed E-state index contributed by atoms with van der Waals surface area (Å²) >= 11 is 0. The summed E-state index contributed by atoms with van der Waals surface area (Å²) in [6.07, 6.45) is -0.754. The lowest BCUT2D eigenvalue weighted by Crippen LogP contribution is -2.41. The maximum atomic E-state index is 11.8. The van der Waals surface area contributed by atoms with Crippen molar-refractivity contribution >= 4 is 22.2 Å². The molecule has 0 saturated carbocycles. The molecule has 0 fully saturated rings. The van der Waals surface area contributed by atoms with Gasteiger partial charge in [0.1, 0.15) is 18.3 Å². The number of hydrogen-bond donors (Lipinski definition) is 0. The summed E-state index contributed by atoms with van der Waals surface area (Å²) in [6.45, 7) is 5.94. The fourth-order valence-electron chi connectivity index (χ4n) is 1.29. The van der Waals surface area contributed by atoms with E-state index in [4.69, 9.17) is 13.7 Å². The topological polar surface area (TPSA) is 99.2 Å². The molecule has 0 aliphatic rings. The zero-order chi connectivity index (χ0) is 16.8. The van der Waals surface area contributed by atoms with Gasteiger partial charge in [0.25, 0.3) is 10.1 Å². The number of nitrogens with zero attached hydrogens (tertiary/aromatic N) is 1. The number of esters is 1. The predicted octanol–water partition coefficient (Wildman–Crippen LogP) is 0.761. The van der Waals surface area contributed by atoms with Gasteiger partial charge in [0.05, 0.1) is 12.8 Å². The second-order valence-corrected chi connectivity index (χ2v) is 7.19. The molecule has 0 rings (SSSR count). The first kappa shape index (κ1) is 19.7. The highest BCUT2D eigenvalue weighted by atomic mass is 32.2. The van der Waals surface area contributed by atoms with Crippen LogP contribution in [0.15, 0.2) is 0 Å². The van der Waals surface area contributed by atoms with E-state index in [1.165, 1.54) is 14.0 Å². The number of hydrogen-bond acceptors (Lipinski definition) is 7. The average molecular weight is 325 g/mol. The lowest BCUT2D eigenvalue weighted by Gasteiger charge is -2.27. The highest BCUT2D eigenvalue weighted by Crippen LogP contribution is 2.10. The first-order chi connectivity index (χ1) is 9.30. The molecule has 0 aromatic heterocycles. The smallest absolute Gasteiger partial charge is 0.410 e. The molecule has 8 nitrogen and oxygen atoms in total. The van der Waals surface area contributed by atoms with E-state index in [1.54, 1.807) is 20.8 Å². The van der Waals surface area contributed by atoms with Gasteiger partial charge in [0, 0.05) is 14.0 Å². The summed E-state index contributed by atoms with van der Waals surface area (Å²) in [5.74, 6) is -0.572. The molecule has 0 saturated heterocycles. The van der Waals surface area contributed by atoms with E-state index in [1.807, 2.05) is 0 Å². The molecule has 0 aliphatic carbocycles. The Labute approximate surface area is 125 Å². The van der Waals surface area contributed by atoms with Crippen LogP contribution in [0.25, 0.3) is 0 Å². The average Bonchev–Trinajstić information content (AvgIpc) is 2.21. The maximum Gasteiger partial charge on any atom is 0.410 e. The summed E-state index contributed by atoms with van der Waals surface area (Å²) in [6, 6.07) is 0. The van der Waals surface area contributed by atoms with Crippen LogP contribution in [-0.4, -0.2) is 63.5 Å². The van der Waals surface area contributed by atoms with E-state index < -0.39 is 33.9 Å². The standard InChI is InChI=1S/C12H23NO7S/c1-9(14)18-8-10(20-21(6,16)17)7-13(5)11(15)19-12(2,3)4/h10H,7-8H2,1-6H3. The molecular formula is C12H23NO7S. The fourth-order valence-corrected chi connectivity index (χ4v) is 1.90. The first-order valence-electron chi connectivity index (χ1n) is 6.26. The van der Waals surface area contributed by atoms with Crippen LogP contribution in [0.5, 0.6) is 0 Å². The molecule has 9 heteroatoms. The Morgan fingerprint density at radius 3 is 2.14 bits per heavy atom. The summed E-state index contributed by atoms with van der Waals surface area (Å²) in [7, 11) is -2.32. The van der Waals surface area contributed by atoms with Crippen molar-refractivity contribution in [2.75, 3.05) is 26.5 Å². The molecule has 0 bridgehead atoms. The Morgan fingerprint density at radius 2 is 1.76 bits per heavy atom. The van der Waals surface area contributed by atoms with Gasteiger partial charge in [-0.15, -0.1) is 0 Å². The van der Waals surface area contributed by atoms with E-state index in [0.29, 0.717) is 0 Å². The molecule has 0 N–H and O–H groups in total. The molecule has 0 aliphatic heterocycles. The second-order valence-electron chi connectivity index (χ2n) is 5.59. The molecule has 124 valence electrons. The normalized spacial score (nSPS) is 13.4. The minimum atomic E-state index is -3.75. The number of amides is 1. The van der Waals surface area contributed by atoms with Crippen LogP contribution >= 0.6 is 0 Å². The number of rotatable bonds is 6. The van der Waals surface area contributed by atoms with Gasteiger partial charge < -0.3 is 14.4 Å². The number of carbonyl (C=O) groups excluding carboxylic acids is 2. The van der Waals surface area contributed by atoms with Crippen LogP contribution < -0.4 is 0 Å². The molecule has 21 heavy (non-hydrogen) atoms. The van der Waals surface area contributed by atoms with Gasteiger partial charge in [-0.05, 0) is 20.8 Å². The lowest BCUT2D eigenvalue weighted by molar-refractivity contribution is -0.143. The maximum absolute atomic E-state index is 11.8. The SMILES string of the molecule is CC(=O)OCC(CN(C)C(=O)OC(C)(C)C)OS(C)(=O)=O. The number of ether oxygens (including phenoxy) is 2. The lowest BCUT2D eigenvalue weighted by atomic mass is 10.2. The zero-order valence-electron chi connectivity index (χ0n) is 13.2. The van der Waals surface area contributed by atoms with Crippen molar-refractivity contribution in [1.82, 2.24) is 4.90 Å². The third kappa shape index (κ3) is 11.0. The molecule has 0 aromatic rings. The molecule has 0 spiro atoms. The molecule has 1 unspecified atom stereocenters. The third-order valence-corrected chi connectivity index (χ3v) is 2.59. The molecular weight excluding hydrogens is 302 g/mol. The van der Waals surface area contributed by atoms with Gasteiger partial charge in [0.2, 0.25) is 0 Å². The Hall–Kier alpha value is -1.35. The van der Waals surface area contributed by atoms with Crippen molar-refractivity contribution in [3.63, 3.8) is 0 Å². The van der Waals surface area contributed by atoms with Gasteiger partial charge in [-0.2, -0.15) is 8.42 Å². The van der Waals surface area contributed by atoms with Crippen LogP contribution in [0.3, 0.4) is 0 Å². The largest absolute Gasteiger partial charge is 0.463 e. The summed E-state index contributed by atoms with van der Waals surface area (Å²) in [4.78, 5) is 23.7. The number of likely N-dealkylation sites (N-methyl/N-ethyl adjacent to an activating group) is 1. The van der Waals surface area contributed by atoms with E-state index in [-0.39, 0.29) is 13.2 Å². The Bertz CT molecular complexity index is 466. The number of carbonyl (C=O) groups is 2. The summed E-state index contributed by atoms with van der Waals surface area (Å²) in [5, 5.41) is 0. The van der Waals surface area contributed by atoms with Crippen molar-refractivity contribution in [3.05, 3.63) is 0 Å². The second kappa shape index (κ2) is 7.60. The van der Waals surface area contributed by atoms with Gasteiger partial charge in [0.15, 0.2) is 0 Å². The Kier molecular flexibility index (Phi) is 7.11. The minimum absolute atomic E-state index is 0.102. The molecule has 1 atom stereocenters. The van der Waals surface area contributed by atoms with Crippen molar-refractivity contribution < 1.29 is 31.7 Å². The van der Waals surface area contributed by atoms with Gasteiger partial charge in [-0.3, -0.25) is 8.98 Å². The van der Waals surface area contributed by atoms with Gasteiger partial charge in [-0.25, -0.2) is 4.79 Å². The van der Waals surface area contributed by atoms with Gasteiger partial charge >= 0.3 is 12.1 Å². The van der Waals surface area contributed by atoms with E-state index in [9.17, 15) is 18.0 Å². The predicted molar refractivity (Wildman–Crippen MR) is 75.2 cm³/mol. The van der Waals surface area contributed by atoms with Crippen LogP contribution in [0.4, 0.5) is 4.79 Å². The quantitative estimate of drug-likeness (QED) is 0.525. The van der Waals surface area contributed by atoms with Crippen molar-refractivity contribution in [2.24, 2.45) is 0 Å². The zero-order valence-corrected chi connectivity index (χ0v) is 14.0. The highest BCUT2D eigenvalue weighted by molar-refractivity contribution is 7.86. The van der Waals surface area contributed by atoms with E-state index in [0.717, 1.165) is 11.2 Å². The minimum Gasteiger partial charge on any atom is -0.463 e. The third-order valence-electron chi connectivity index (χ3n) is 1.97. The molecule has 0 aromatic carbocycles. The van der Waals surface area contributed by atoms with Crippen molar-refractivity contribution in [2.45, 2.75) is 39.4 Å². The van der Waals surface area contributed by atoms with Crippen LogP contribution in [-0.2, 0) is 28.6 Å². The summed E-state index contributed by atoms with van der Waals surface area (Å²) in [5.41, 5.74) is -0.672. The fraction of sp³-hybridized carbons (Fsp3) is 0.833. The van der Waals surface area contributed by atoms with Crippen molar-refractivity contribution in [3.8, 4) is 0 Å². The molecule has 1 amide bonds. The van der Waals surface area contributed by atoms with Gasteiger partial charge in [-0.1, -0.05) is 0 Å². The van der Waals surface area contributed by atoms with E-state index in [2.05, 4.69) is 0 Å². The molecule has 0 radical (unpaired) electrons. The van der Waals surface area contributed by atoms with Crippen LogP contribution in [0.2, 0.25) is 0 Å². The van der Waals surface area contributed by atoms with Crippen molar-refractivity contribution in [1.29, 1.82) is 0 Å². The monoisotopic (exact) mass is 325 g/mol. The Morgan fingerprint density at radius 1 is 1.24 bits per heavy atom. The van der Waals surface area contributed by atoms with Crippen LogP contribution in [0.1, 0.15) is 27.7 Å². The first-order valence-corrected chi connectivity index (χ1v) is 8.07. The van der Waals surface area contributed by atoms with Crippen LogP contribution in [0, 0.1) is 0 Å². The summed E-state index contributed by atoms with van der Waals surface area (Å²) < 4.78 is 37.0.